The Bertz CT molecular complexity index is 1610. The van der Waals surface area contributed by atoms with Crippen molar-refractivity contribution in [1.29, 1.82) is 0 Å². The van der Waals surface area contributed by atoms with Crippen molar-refractivity contribution < 1.29 is 38.1 Å². The molecule has 0 amide bonds. The minimum atomic E-state index is -0.147. The van der Waals surface area contributed by atoms with Gasteiger partial charge in [0.05, 0.1) is 0 Å². The van der Waals surface area contributed by atoms with Crippen LogP contribution in [0, 0.1) is 69.0 Å². The zero-order valence-corrected chi connectivity index (χ0v) is 36.5. The zero-order valence-electron chi connectivity index (χ0n) is 36.5. The predicted octanol–water partition coefficient (Wildman–Crippen LogP) is 10.4. The van der Waals surface area contributed by atoms with E-state index in [1.165, 1.54) is 78.1 Å². The van der Waals surface area contributed by atoms with Gasteiger partial charge >= 0.3 is 23.9 Å². The summed E-state index contributed by atoms with van der Waals surface area (Å²) in [6.07, 6.45) is 27.3. The van der Waals surface area contributed by atoms with Crippen molar-refractivity contribution in [1.82, 2.24) is 0 Å². The molecule has 320 valence electrons. The molecule has 0 N–H and O–H groups in total. The third-order valence-electron chi connectivity index (χ3n) is 19.7. The van der Waals surface area contributed by atoms with Crippen LogP contribution in [-0.2, 0) is 38.1 Å². The lowest BCUT2D eigenvalue weighted by Crippen LogP contribution is -2.51. The molecule has 8 aliphatic carbocycles. The van der Waals surface area contributed by atoms with Crippen molar-refractivity contribution in [2.24, 2.45) is 69.0 Å². The van der Waals surface area contributed by atoms with E-state index >= 15 is 0 Å². The highest BCUT2D eigenvalue weighted by Gasteiger charge is 2.62. The van der Waals surface area contributed by atoms with Crippen LogP contribution in [-0.4, -0.2) is 48.3 Å². The number of esters is 4. The number of carbonyl (C=O) groups excluding carboxylic acids is 4. The second-order valence-corrected chi connectivity index (χ2v) is 22.1. The number of carbonyl (C=O) groups is 4. The Balaban J connectivity index is 0.000000150. The van der Waals surface area contributed by atoms with Gasteiger partial charge < -0.3 is 18.9 Å². The Kier molecular flexibility index (Phi) is 10.6. The van der Waals surface area contributed by atoms with Crippen LogP contribution in [0.2, 0.25) is 0 Å². The van der Waals surface area contributed by atoms with Crippen LogP contribution in [0.25, 0.3) is 0 Å². The summed E-state index contributed by atoms with van der Waals surface area (Å²) in [5, 5.41) is 0. The first kappa shape index (κ1) is 40.7. The number of ether oxygens (including phenoxy) is 4. The monoisotopic (exact) mass is 801 g/mol. The van der Waals surface area contributed by atoms with Gasteiger partial charge in [0, 0.05) is 51.4 Å². The minimum Gasteiger partial charge on any atom is -0.462 e. The Labute approximate surface area is 347 Å². The second-order valence-electron chi connectivity index (χ2n) is 22.1. The molecule has 0 aromatic heterocycles. The summed E-state index contributed by atoms with van der Waals surface area (Å²) in [5.74, 6) is 5.37. The molecule has 8 nitrogen and oxygen atoms in total. The Hall–Kier alpha value is -2.64. The van der Waals surface area contributed by atoms with E-state index in [9.17, 15) is 19.2 Å². The summed E-state index contributed by atoms with van der Waals surface area (Å²) in [6, 6.07) is 0. The molecule has 0 unspecified atom stereocenters. The van der Waals surface area contributed by atoms with Crippen LogP contribution < -0.4 is 0 Å². The van der Waals surface area contributed by atoms with E-state index in [1.54, 1.807) is 11.1 Å². The van der Waals surface area contributed by atoms with Gasteiger partial charge in [-0.05, 0) is 160 Å². The van der Waals surface area contributed by atoms with Crippen molar-refractivity contribution in [2.75, 3.05) is 0 Å². The lowest BCUT2D eigenvalue weighted by atomic mass is 9.47. The largest absolute Gasteiger partial charge is 0.462 e. The van der Waals surface area contributed by atoms with E-state index < -0.39 is 0 Å². The molecule has 0 aromatic rings. The fourth-order valence-electron chi connectivity index (χ4n) is 16.9. The average Bonchev–Trinajstić information content (AvgIpc) is 3.96. The van der Waals surface area contributed by atoms with Gasteiger partial charge in [-0.25, -0.2) is 0 Å². The molecule has 58 heavy (non-hydrogen) atoms. The first-order valence-electron chi connectivity index (χ1n) is 23.7. The Morgan fingerprint density at radius 2 is 0.931 bits per heavy atom. The highest BCUT2D eigenvalue weighted by atomic mass is 16.6. The molecule has 10 aliphatic rings. The topological polar surface area (TPSA) is 105 Å². The molecule has 2 saturated heterocycles. The van der Waals surface area contributed by atoms with Crippen molar-refractivity contribution in [2.45, 2.75) is 194 Å². The van der Waals surface area contributed by atoms with Gasteiger partial charge in [0.25, 0.3) is 0 Å². The third kappa shape index (κ3) is 6.74. The van der Waals surface area contributed by atoms with E-state index in [1.807, 2.05) is 0 Å². The van der Waals surface area contributed by atoms with Crippen molar-refractivity contribution >= 4 is 23.9 Å². The fraction of sp³-hybridized carbons (Fsp3) is 0.840. The molecule has 0 bridgehead atoms. The SMILES string of the molecule is CC(=O)O[C@H]1CC[C@@]2(C)C(=CC[C@H]3[C@@H]4CC[C@H]([C@H]5CCC(=O)O5)[C@@]4(C)CC[C@@H]32)C1.CC(=O)O[C@H]1CC[C@@]2(C)C(=CC[C@H]3[C@@H]4CC[C@H]([C@H]5CCC(=O)O5)[C@@]4(C)CC[C@@H]32)C1. The van der Waals surface area contributed by atoms with Crippen LogP contribution in [0.4, 0.5) is 0 Å². The number of hydrogen-bond acceptors (Lipinski definition) is 8. The summed E-state index contributed by atoms with van der Waals surface area (Å²) in [5.41, 5.74) is 4.32. The normalized spacial score (nSPS) is 48.8. The van der Waals surface area contributed by atoms with Gasteiger partial charge in [-0.1, -0.05) is 51.0 Å². The van der Waals surface area contributed by atoms with E-state index in [4.69, 9.17) is 18.9 Å². The third-order valence-corrected chi connectivity index (χ3v) is 19.7. The average molecular weight is 801 g/mol. The first-order valence-corrected chi connectivity index (χ1v) is 23.7. The summed E-state index contributed by atoms with van der Waals surface area (Å²) in [6.45, 7) is 13.1. The van der Waals surface area contributed by atoms with Crippen LogP contribution in [0.5, 0.6) is 0 Å². The number of fused-ring (bicyclic) bond motifs is 10. The molecule has 8 fully saturated rings. The zero-order chi connectivity index (χ0) is 40.8. The molecule has 16 atom stereocenters. The molecule has 10 rings (SSSR count). The van der Waals surface area contributed by atoms with Crippen LogP contribution in [0.15, 0.2) is 23.3 Å². The van der Waals surface area contributed by atoms with Gasteiger partial charge in [0.15, 0.2) is 0 Å². The molecule has 6 saturated carbocycles. The summed E-state index contributed by atoms with van der Waals surface area (Å²) >= 11 is 0. The number of cyclic esters (lactones) is 2. The van der Waals surface area contributed by atoms with Crippen LogP contribution in [0.1, 0.15) is 170 Å². The standard InChI is InChI=1S/2C25H36O4/c2*1-15(26)28-17-10-12-24(2)16(14-17)4-5-18-19-6-7-21(22-8-9-23(27)29-22)25(19,3)13-11-20(18)24/h2*4,17-22H,5-14H2,1-3H3/t2*17-,18-,19-,20-,21+,22+,24-,25-/m00/s1. The van der Waals surface area contributed by atoms with Crippen molar-refractivity contribution in [3.8, 4) is 0 Å². The van der Waals surface area contributed by atoms with Crippen LogP contribution >= 0.6 is 0 Å². The molecule has 2 heterocycles. The van der Waals surface area contributed by atoms with E-state index in [0.717, 1.165) is 86.9 Å². The Morgan fingerprint density at radius 1 is 0.534 bits per heavy atom. The maximum Gasteiger partial charge on any atom is 0.306 e. The Morgan fingerprint density at radius 3 is 1.29 bits per heavy atom. The highest BCUT2D eigenvalue weighted by molar-refractivity contribution is 5.72. The van der Waals surface area contributed by atoms with E-state index in [0.29, 0.717) is 35.5 Å². The fourth-order valence-corrected chi connectivity index (χ4v) is 16.9. The van der Waals surface area contributed by atoms with Crippen molar-refractivity contribution in [3.05, 3.63) is 23.3 Å². The molecule has 0 spiro atoms. The maximum atomic E-state index is 11.7. The molecule has 2 aliphatic heterocycles. The van der Waals surface area contributed by atoms with Gasteiger partial charge in [-0.3, -0.25) is 19.2 Å². The van der Waals surface area contributed by atoms with Gasteiger partial charge in [0.2, 0.25) is 0 Å². The molecular formula is C50H72O8. The molecule has 0 radical (unpaired) electrons. The molecule has 8 heteroatoms. The lowest BCUT2D eigenvalue weighted by molar-refractivity contribution is -0.150. The van der Waals surface area contributed by atoms with E-state index in [2.05, 4.69) is 39.8 Å². The lowest BCUT2D eigenvalue weighted by Gasteiger charge is -2.58. The number of hydrogen-bond donors (Lipinski definition) is 0. The van der Waals surface area contributed by atoms with Gasteiger partial charge in [-0.15, -0.1) is 0 Å². The summed E-state index contributed by atoms with van der Waals surface area (Å²) in [7, 11) is 0. The molecule has 0 aromatic carbocycles. The number of rotatable bonds is 4. The number of allylic oxidation sites excluding steroid dienone is 2. The van der Waals surface area contributed by atoms with E-state index in [-0.39, 0.29) is 59.1 Å². The smallest absolute Gasteiger partial charge is 0.306 e. The summed E-state index contributed by atoms with van der Waals surface area (Å²) in [4.78, 5) is 46.3. The highest BCUT2D eigenvalue weighted by Crippen LogP contribution is 2.69. The van der Waals surface area contributed by atoms with Gasteiger partial charge in [0.1, 0.15) is 24.4 Å². The predicted molar refractivity (Wildman–Crippen MR) is 220 cm³/mol. The quantitative estimate of drug-likeness (QED) is 0.157. The van der Waals surface area contributed by atoms with Crippen molar-refractivity contribution in [3.63, 3.8) is 0 Å². The maximum absolute atomic E-state index is 11.7. The van der Waals surface area contributed by atoms with Gasteiger partial charge in [-0.2, -0.15) is 0 Å². The van der Waals surface area contributed by atoms with Crippen LogP contribution in [0.3, 0.4) is 0 Å². The minimum absolute atomic E-state index is 0.0121. The molecular weight excluding hydrogens is 729 g/mol. The summed E-state index contributed by atoms with van der Waals surface area (Å²) < 4.78 is 22.6. The second kappa shape index (κ2) is 15.1. The first-order chi connectivity index (χ1) is 27.6.